The number of nitrogens with zero attached hydrogens (tertiary/aromatic N) is 1. The fourth-order valence-electron chi connectivity index (χ4n) is 1.61. The second kappa shape index (κ2) is 4.18. The summed E-state index contributed by atoms with van der Waals surface area (Å²) in [6, 6.07) is 6.26. The van der Waals surface area contributed by atoms with E-state index in [4.69, 9.17) is 0 Å². The molecule has 0 saturated carbocycles. The highest BCUT2D eigenvalue weighted by atomic mass is 32.1. The number of Topliss-reactive ketones (excluding diaryl/α,β-unsaturated/α-hetero) is 1. The fraction of sp³-hybridized carbons (Fsp3) is 0.231. The van der Waals surface area contributed by atoms with Crippen LogP contribution in [0.25, 0.3) is 10.6 Å². The van der Waals surface area contributed by atoms with Crippen molar-refractivity contribution in [3.05, 3.63) is 40.4 Å². The van der Waals surface area contributed by atoms with Gasteiger partial charge in [-0.05, 0) is 19.4 Å². The van der Waals surface area contributed by atoms with Crippen LogP contribution in [0.4, 0.5) is 0 Å². The van der Waals surface area contributed by atoms with Gasteiger partial charge in [0.25, 0.3) is 0 Å². The Morgan fingerprint density at radius 1 is 1.31 bits per heavy atom. The van der Waals surface area contributed by atoms with Crippen molar-refractivity contribution in [2.75, 3.05) is 0 Å². The lowest BCUT2D eigenvalue weighted by Gasteiger charge is -2.02. The average molecular weight is 231 g/mol. The van der Waals surface area contributed by atoms with Gasteiger partial charge < -0.3 is 0 Å². The van der Waals surface area contributed by atoms with E-state index in [-0.39, 0.29) is 5.78 Å². The van der Waals surface area contributed by atoms with Gasteiger partial charge in [0, 0.05) is 17.9 Å². The van der Waals surface area contributed by atoms with Gasteiger partial charge in [-0.2, -0.15) is 0 Å². The van der Waals surface area contributed by atoms with Crippen molar-refractivity contribution in [2.45, 2.75) is 20.8 Å². The van der Waals surface area contributed by atoms with Crippen molar-refractivity contribution in [3.63, 3.8) is 0 Å². The van der Waals surface area contributed by atoms with E-state index in [1.807, 2.05) is 5.38 Å². The van der Waals surface area contributed by atoms with Crippen LogP contribution in [0.2, 0.25) is 0 Å². The van der Waals surface area contributed by atoms with Crippen LogP contribution < -0.4 is 0 Å². The van der Waals surface area contributed by atoms with Crippen molar-refractivity contribution in [1.82, 2.24) is 4.98 Å². The molecule has 0 radical (unpaired) electrons. The number of hydrogen-bond acceptors (Lipinski definition) is 3. The van der Waals surface area contributed by atoms with Gasteiger partial charge in [0.2, 0.25) is 0 Å². The Labute approximate surface area is 99.0 Å². The quantitative estimate of drug-likeness (QED) is 0.739. The third-order valence-corrected chi connectivity index (χ3v) is 3.35. The zero-order valence-corrected chi connectivity index (χ0v) is 10.4. The number of aromatic nitrogens is 1. The topological polar surface area (TPSA) is 30.0 Å². The molecule has 0 unspecified atom stereocenters. The van der Waals surface area contributed by atoms with Gasteiger partial charge in [0.05, 0.1) is 0 Å². The first-order valence-corrected chi connectivity index (χ1v) is 6.00. The third kappa shape index (κ3) is 2.04. The predicted octanol–water partition coefficient (Wildman–Crippen LogP) is 3.63. The summed E-state index contributed by atoms with van der Waals surface area (Å²) in [6.45, 7) is 5.68. The minimum Gasteiger partial charge on any atom is -0.293 e. The largest absolute Gasteiger partial charge is 0.293 e. The smallest absolute Gasteiger partial charge is 0.178 e. The molecule has 2 rings (SSSR count). The molecule has 0 aliphatic carbocycles. The van der Waals surface area contributed by atoms with Gasteiger partial charge in [-0.1, -0.05) is 23.8 Å². The van der Waals surface area contributed by atoms with E-state index < -0.39 is 0 Å². The minimum absolute atomic E-state index is 0.0206. The van der Waals surface area contributed by atoms with Gasteiger partial charge in [0.15, 0.2) is 5.78 Å². The first kappa shape index (κ1) is 11.0. The highest BCUT2D eigenvalue weighted by Crippen LogP contribution is 2.27. The lowest BCUT2D eigenvalue weighted by Crippen LogP contribution is -1.92. The highest BCUT2D eigenvalue weighted by Gasteiger charge is 2.09. The molecule has 0 fully saturated rings. The summed E-state index contributed by atoms with van der Waals surface area (Å²) in [5.41, 5.74) is 4.11. The maximum Gasteiger partial charge on any atom is 0.178 e. The number of carbonyl (C=O) groups excluding carboxylic acids is 1. The Kier molecular flexibility index (Phi) is 2.88. The van der Waals surface area contributed by atoms with E-state index in [2.05, 4.69) is 37.0 Å². The van der Waals surface area contributed by atoms with Crippen LogP contribution >= 0.6 is 11.3 Å². The van der Waals surface area contributed by atoms with Gasteiger partial charge >= 0.3 is 0 Å². The lowest BCUT2D eigenvalue weighted by molar-refractivity contribution is 0.101. The van der Waals surface area contributed by atoms with Gasteiger partial charge in [-0.15, -0.1) is 11.3 Å². The molecule has 1 aromatic heterocycles. The minimum atomic E-state index is 0.0206. The van der Waals surface area contributed by atoms with E-state index in [9.17, 15) is 4.79 Å². The lowest BCUT2D eigenvalue weighted by atomic mass is 10.1. The van der Waals surface area contributed by atoms with E-state index in [1.165, 1.54) is 22.5 Å². The van der Waals surface area contributed by atoms with E-state index in [1.54, 1.807) is 6.92 Å². The van der Waals surface area contributed by atoms with Crippen LogP contribution in [0.15, 0.2) is 23.6 Å². The fourth-order valence-corrected chi connectivity index (χ4v) is 2.56. The van der Waals surface area contributed by atoms with Crippen LogP contribution in [0.5, 0.6) is 0 Å². The molecule has 0 atom stereocenters. The molecule has 16 heavy (non-hydrogen) atoms. The van der Waals surface area contributed by atoms with Gasteiger partial charge in [-0.25, -0.2) is 4.98 Å². The van der Waals surface area contributed by atoms with Crippen LogP contribution in [-0.4, -0.2) is 10.8 Å². The number of benzene rings is 1. The van der Waals surface area contributed by atoms with E-state index in [0.717, 1.165) is 10.6 Å². The molecular weight excluding hydrogens is 218 g/mol. The SMILES string of the molecule is CC(=O)c1csc(-c2ccc(C)cc2C)n1. The van der Waals surface area contributed by atoms with Gasteiger partial charge in [0.1, 0.15) is 10.7 Å². The van der Waals surface area contributed by atoms with Crippen molar-refractivity contribution < 1.29 is 4.79 Å². The van der Waals surface area contributed by atoms with Crippen molar-refractivity contribution in [3.8, 4) is 10.6 Å². The average Bonchev–Trinajstić information content (AvgIpc) is 2.66. The molecule has 0 aliphatic rings. The summed E-state index contributed by atoms with van der Waals surface area (Å²) in [4.78, 5) is 15.5. The maximum atomic E-state index is 11.2. The van der Waals surface area contributed by atoms with Crippen LogP contribution in [0.1, 0.15) is 28.5 Å². The van der Waals surface area contributed by atoms with Crippen molar-refractivity contribution in [2.24, 2.45) is 0 Å². The van der Waals surface area contributed by atoms with Crippen molar-refractivity contribution in [1.29, 1.82) is 0 Å². The Hall–Kier alpha value is -1.48. The molecule has 0 N–H and O–H groups in total. The van der Waals surface area contributed by atoms with E-state index >= 15 is 0 Å². The molecule has 0 spiro atoms. The summed E-state index contributed by atoms with van der Waals surface area (Å²) in [5.74, 6) is 0.0206. The zero-order chi connectivity index (χ0) is 11.7. The molecule has 3 heteroatoms. The standard InChI is InChI=1S/C13H13NOS/c1-8-4-5-11(9(2)6-8)13-14-12(7-16-13)10(3)15/h4-7H,1-3H3. The first-order chi connectivity index (χ1) is 7.58. The number of carbonyl (C=O) groups is 1. The maximum absolute atomic E-state index is 11.2. The second-order valence-corrected chi connectivity index (χ2v) is 4.77. The second-order valence-electron chi connectivity index (χ2n) is 3.91. The zero-order valence-electron chi connectivity index (χ0n) is 9.57. The number of ketones is 1. The molecule has 1 aromatic carbocycles. The van der Waals surface area contributed by atoms with Crippen LogP contribution in [-0.2, 0) is 0 Å². The molecule has 82 valence electrons. The van der Waals surface area contributed by atoms with Crippen LogP contribution in [0.3, 0.4) is 0 Å². The Morgan fingerprint density at radius 3 is 2.62 bits per heavy atom. The van der Waals surface area contributed by atoms with Crippen molar-refractivity contribution >= 4 is 17.1 Å². The first-order valence-electron chi connectivity index (χ1n) is 5.12. The summed E-state index contributed by atoms with van der Waals surface area (Å²) in [5, 5.41) is 2.74. The predicted molar refractivity (Wildman–Crippen MR) is 67.0 cm³/mol. The highest BCUT2D eigenvalue weighted by molar-refractivity contribution is 7.13. The number of thiazole rings is 1. The molecule has 1 heterocycles. The Bertz CT molecular complexity index is 543. The molecule has 2 nitrogen and oxygen atoms in total. The summed E-state index contributed by atoms with van der Waals surface area (Å²) >= 11 is 1.52. The van der Waals surface area contributed by atoms with Crippen LogP contribution in [0, 0.1) is 13.8 Å². The Balaban J connectivity index is 2.46. The summed E-state index contributed by atoms with van der Waals surface area (Å²) in [6.07, 6.45) is 0. The van der Waals surface area contributed by atoms with Gasteiger partial charge in [-0.3, -0.25) is 4.79 Å². The third-order valence-electron chi connectivity index (χ3n) is 2.48. The number of hydrogen-bond donors (Lipinski definition) is 0. The monoisotopic (exact) mass is 231 g/mol. The number of rotatable bonds is 2. The summed E-state index contributed by atoms with van der Waals surface area (Å²) < 4.78 is 0. The molecular formula is C13H13NOS. The molecule has 2 aromatic rings. The van der Waals surface area contributed by atoms with E-state index in [0.29, 0.717) is 5.69 Å². The molecule has 0 bridgehead atoms. The Morgan fingerprint density at radius 2 is 2.06 bits per heavy atom. The molecule has 0 amide bonds. The normalized spacial score (nSPS) is 10.4. The number of aryl methyl sites for hydroxylation is 2. The molecule has 0 saturated heterocycles. The molecule has 0 aliphatic heterocycles. The summed E-state index contributed by atoms with van der Waals surface area (Å²) in [7, 11) is 0.